The van der Waals surface area contributed by atoms with E-state index < -0.39 is 18.8 Å². The SMILES string of the molecule is CCOP(C)(=O)OCCSSCCOC(=O)CC1=C(C)/C(=C/c2ccc([S+](C)[O-])cc2)c2ccc(F)cc21. The lowest BCUT2D eigenvalue weighted by Gasteiger charge is -2.12. The molecule has 1 aliphatic carbocycles. The Balaban J connectivity index is 1.56. The molecule has 2 aromatic carbocycles. The molecule has 0 amide bonds. The molecule has 3 rings (SSSR count). The van der Waals surface area contributed by atoms with Gasteiger partial charge in [-0.1, -0.05) is 27.7 Å². The first-order valence-corrected chi connectivity index (χ1v) is 18.1. The number of hydrogen-bond donors (Lipinski definition) is 0. The van der Waals surface area contributed by atoms with Crippen LogP contribution in [0.1, 0.15) is 37.0 Å². The smallest absolute Gasteiger partial charge is 0.327 e. The highest BCUT2D eigenvalue weighted by molar-refractivity contribution is 8.76. The van der Waals surface area contributed by atoms with E-state index >= 15 is 0 Å². The summed E-state index contributed by atoms with van der Waals surface area (Å²) in [6.45, 7) is 6.05. The third-order valence-corrected chi connectivity index (χ3v) is 10.3. The van der Waals surface area contributed by atoms with E-state index in [1.54, 1.807) is 30.0 Å². The maximum atomic E-state index is 14.1. The first-order chi connectivity index (χ1) is 18.1. The molecule has 0 bridgehead atoms. The molecule has 2 aromatic rings. The normalized spacial score (nSPS) is 16.4. The molecule has 0 radical (unpaired) electrons. The molecule has 0 heterocycles. The van der Waals surface area contributed by atoms with Gasteiger partial charge in [-0.05, 0) is 101 Å². The van der Waals surface area contributed by atoms with Gasteiger partial charge in [-0.25, -0.2) is 4.39 Å². The van der Waals surface area contributed by atoms with E-state index in [1.165, 1.54) is 29.6 Å². The summed E-state index contributed by atoms with van der Waals surface area (Å²) in [6.07, 6.45) is 3.68. The molecule has 11 heteroatoms. The predicted octanol–water partition coefficient (Wildman–Crippen LogP) is 7.08. The van der Waals surface area contributed by atoms with Crippen LogP contribution in [-0.4, -0.2) is 54.8 Å². The van der Waals surface area contributed by atoms with E-state index in [4.69, 9.17) is 13.8 Å². The average molecular weight is 599 g/mol. The number of benzene rings is 2. The van der Waals surface area contributed by atoms with E-state index in [2.05, 4.69) is 0 Å². The van der Waals surface area contributed by atoms with Crippen molar-refractivity contribution in [1.29, 1.82) is 0 Å². The third-order valence-electron chi connectivity index (χ3n) is 5.67. The second kappa shape index (κ2) is 14.7. The maximum absolute atomic E-state index is 14.1. The van der Waals surface area contributed by atoms with E-state index in [0.29, 0.717) is 30.3 Å². The van der Waals surface area contributed by atoms with Crippen LogP contribution in [0.4, 0.5) is 4.39 Å². The second-order valence-electron chi connectivity index (χ2n) is 8.44. The molecule has 38 heavy (non-hydrogen) atoms. The molecule has 0 spiro atoms. The average Bonchev–Trinajstić information content (AvgIpc) is 3.11. The summed E-state index contributed by atoms with van der Waals surface area (Å²) in [7, 11) is 0.0992. The van der Waals surface area contributed by atoms with E-state index in [1.807, 2.05) is 37.3 Å². The number of carbonyl (C=O) groups excluding carboxylic acids is 1. The molecule has 0 aliphatic heterocycles. The van der Waals surface area contributed by atoms with E-state index in [9.17, 15) is 18.3 Å². The number of fused-ring (bicyclic) bond motifs is 1. The molecule has 0 N–H and O–H groups in total. The predicted molar refractivity (Wildman–Crippen MR) is 157 cm³/mol. The zero-order valence-corrected chi connectivity index (χ0v) is 25.2. The van der Waals surface area contributed by atoms with Crippen molar-refractivity contribution in [1.82, 2.24) is 0 Å². The highest BCUT2D eigenvalue weighted by atomic mass is 33.1. The van der Waals surface area contributed by atoms with Crippen molar-refractivity contribution in [3.05, 3.63) is 70.5 Å². The standard InChI is InChI=1S/C27H32FO6PS3/c1-5-33-35(3,30)34-13-15-37-36-14-12-32-27(29)18-25-19(2)24(23-11-8-21(28)17-26(23)25)16-20-6-9-22(10-7-20)38(4)31/h6-11,16-17H,5,12-15,18H2,1-4H3/b24-16-. The van der Waals surface area contributed by atoms with Crippen molar-refractivity contribution >= 4 is 63.6 Å². The molecule has 2 atom stereocenters. The minimum atomic E-state index is -2.98. The zero-order valence-electron chi connectivity index (χ0n) is 21.9. The Morgan fingerprint density at radius 1 is 1.08 bits per heavy atom. The molecule has 0 saturated heterocycles. The topological polar surface area (TPSA) is 84.9 Å². The number of rotatable bonds is 14. The van der Waals surface area contributed by atoms with Gasteiger partial charge in [0, 0.05) is 18.2 Å². The Kier molecular flexibility index (Phi) is 12.0. The number of esters is 1. The quantitative estimate of drug-likeness (QED) is 0.0750. The lowest BCUT2D eigenvalue weighted by molar-refractivity contribution is -0.141. The van der Waals surface area contributed by atoms with Gasteiger partial charge in [0.15, 0.2) is 4.90 Å². The largest absolute Gasteiger partial charge is 0.612 e. The molecule has 6 nitrogen and oxygen atoms in total. The summed E-state index contributed by atoms with van der Waals surface area (Å²) in [6, 6.07) is 12.1. The van der Waals surface area contributed by atoms with Crippen LogP contribution >= 0.6 is 29.2 Å². The van der Waals surface area contributed by atoms with Gasteiger partial charge in [0.2, 0.25) is 0 Å². The molecule has 0 fully saturated rings. The number of allylic oxidation sites excluding steroid dienone is 2. The summed E-state index contributed by atoms with van der Waals surface area (Å²) in [5, 5.41) is 0. The molecule has 0 saturated carbocycles. The molecular weight excluding hydrogens is 566 g/mol. The Labute approximate surface area is 234 Å². The summed E-state index contributed by atoms with van der Waals surface area (Å²) >= 11 is -1.06. The lowest BCUT2D eigenvalue weighted by atomic mass is 10.0. The monoisotopic (exact) mass is 598 g/mol. The van der Waals surface area contributed by atoms with Crippen LogP contribution in [0.25, 0.3) is 17.2 Å². The van der Waals surface area contributed by atoms with E-state index in [0.717, 1.165) is 32.7 Å². The van der Waals surface area contributed by atoms with Crippen LogP contribution in [0, 0.1) is 5.82 Å². The lowest BCUT2D eigenvalue weighted by Crippen LogP contribution is -2.08. The fourth-order valence-corrected chi connectivity index (χ4v) is 7.18. The molecule has 2 unspecified atom stereocenters. The van der Waals surface area contributed by atoms with Gasteiger partial charge in [-0.2, -0.15) is 0 Å². The van der Waals surface area contributed by atoms with Gasteiger partial charge in [-0.3, -0.25) is 9.36 Å². The van der Waals surface area contributed by atoms with Gasteiger partial charge >= 0.3 is 13.6 Å². The van der Waals surface area contributed by atoms with Gasteiger partial charge in [0.1, 0.15) is 18.7 Å². The third kappa shape index (κ3) is 9.01. The summed E-state index contributed by atoms with van der Waals surface area (Å²) in [5.74, 6) is 0.490. The van der Waals surface area contributed by atoms with Crippen LogP contribution < -0.4 is 0 Å². The van der Waals surface area contributed by atoms with Crippen molar-refractivity contribution in [3.8, 4) is 0 Å². The van der Waals surface area contributed by atoms with Crippen LogP contribution in [0.2, 0.25) is 0 Å². The molecule has 206 valence electrons. The van der Waals surface area contributed by atoms with Crippen molar-refractivity contribution in [2.24, 2.45) is 0 Å². The van der Waals surface area contributed by atoms with Crippen molar-refractivity contribution < 1.29 is 32.1 Å². The van der Waals surface area contributed by atoms with Crippen molar-refractivity contribution in [3.63, 3.8) is 0 Å². The number of carbonyl (C=O) groups is 1. The maximum Gasteiger partial charge on any atom is 0.327 e. The van der Waals surface area contributed by atoms with Crippen LogP contribution in [0.5, 0.6) is 0 Å². The zero-order chi connectivity index (χ0) is 27.7. The van der Waals surface area contributed by atoms with Crippen molar-refractivity contribution in [2.75, 3.05) is 44.2 Å². The van der Waals surface area contributed by atoms with Gasteiger partial charge in [0.05, 0.1) is 19.6 Å². The molecule has 1 aliphatic rings. The fourth-order valence-electron chi connectivity index (χ4n) is 3.92. The van der Waals surface area contributed by atoms with Gasteiger partial charge < -0.3 is 18.3 Å². The number of ether oxygens (including phenoxy) is 1. The van der Waals surface area contributed by atoms with Gasteiger partial charge in [-0.15, -0.1) is 0 Å². The number of hydrogen-bond acceptors (Lipinski definition) is 8. The Morgan fingerprint density at radius 3 is 2.42 bits per heavy atom. The van der Waals surface area contributed by atoms with Crippen molar-refractivity contribution in [2.45, 2.75) is 25.2 Å². The summed E-state index contributed by atoms with van der Waals surface area (Å²) < 4.78 is 53.5. The van der Waals surface area contributed by atoms with Gasteiger partial charge in [0.25, 0.3) is 0 Å². The number of halogens is 1. The molecular formula is C27H32FO6PS3. The van der Waals surface area contributed by atoms with Crippen LogP contribution in [-0.2, 0) is 34.3 Å². The Morgan fingerprint density at radius 2 is 1.76 bits per heavy atom. The van der Waals surface area contributed by atoms with Crippen LogP contribution in [0.3, 0.4) is 0 Å². The Bertz CT molecular complexity index is 1230. The second-order valence-corrected chi connectivity index (χ2v) is 14.6. The Hall–Kier alpha value is -1.52. The summed E-state index contributed by atoms with van der Waals surface area (Å²) in [4.78, 5) is 13.4. The fraction of sp³-hybridized carbons (Fsp3) is 0.370. The van der Waals surface area contributed by atoms with Crippen LogP contribution in [0.15, 0.2) is 52.9 Å². The first-order valence-electron chi connectivity index (χ1n) is 12.0. The minimum absolute atomic E-state index is 0.0439. The molecule has 0 aromatic heterocycles. The highest BCUT2D eigenvalue weighted by Crippen LogP contribution is 2.45. The van der Waals surface area contributed by atoms with E-state index in [-0.39, 0.29) is 24.8 Å². The first kappa shape index (κ1) is 31.0. The highest BCUT2D eigenvalue weighted by Gasteiger charge is 2.26. The summed E-state index contributed by atoms with van der Waals surface area (Å²) in [5.41, 5.74) is 5.05. The minimum Gasteiger partial charge on any atom is -0.612 e.